The number of hydrogen-bond donors (Lipinski definition) is 0. The van der Waals surface area contributed by atoms with E-state index in [9.17, 15) is 13.6 Å². The molecule has 0 radical (unpaired) electrons. The second kappa shape index (κ2) is 10.3. The van der Waals surface area contributed by atoms with Crippen molar-refractivity contribution in [2.45, 2.75) is 82.5 Å². The summed E-state index contributed by atoms with van der Waals surface area (Å²) >= 11 is 0. The van der Waals surface area contributed by atoms with Gasteiger partial charge in [0.2, 0.25) is 18.2 Å². The molecule has 196 valence electrons. The SMILES string of the molecule is O=C(C1CC(C(F)F)C1)N(CCCCCc1nc(C2CC2)no1)c1cccc(-c2cc(C3CC3)on2)c1. The summed E-state index contributed by atoms with van der Waals surface area (Å²) in [5.74, 6) is 2.26. The number of alkyl halides is 2. The van der Waals surface area contributed by atoms with Crippen LogP contribution in [0.1, 0.15) is 87.1 Å². The van der Waals surface area contributed by atoms with Crippen molar-refractivity contribution in [2.75, 3.05) is 11.4 Å². The van der Waals surface area contributed by atoms with E-state index in [4.69, 9.17) is 9.05 Å². The Hall–Kier alpha value is -3.10. The zero-order valence-corrected chi connectivity index (χ0v) is 20.8. The van der Waals surface area contributed by atoms with E-state index in [-0.39, 0.29) is 24.7 Å². The second-order valence-corrected chi connectivity index (χ2v) is 10.8. The minimum Gasteiger partial charge on any atom is -0.360 e. The van der Waals surface area contributed by atoms with Crippen molar-refractivity contribution in [3.63, 3.8) is 0 Å². The first-order chi connectivity index (χ1) is 18.0. The number of hydrogen-bond acceptors (Lipinski definition) is 6. The Morgan fingerprint density at radius 2 is 1.81 bits per heavy atom. The number of aryl methyl sites for hydroxylation is 1. The Bertz CT molecular complexity index is 1230. The predicted octanol–water partition coefficient (Wildman–Crippen LogP) is 6.52. The first-order valence-corrected chi connectivity index (χ1v) is 13.5. The summed E-state index contributed by atoms with van der Waals surface area (Å²) in [5, 5.41) is 8.30. The summed E-state index contributed by atoms with van der Waals surface area (Å²) in [6, 6.07) is 9.70. The number of anilines is 1. The highest BCUT2D eigenvalue weighted by Crippen LogP contribution is 2.42. The van der Waals surface area contributed by atoms with E-state index in [2.05, 4.69) is 15.3 Å². The molecule has 3 aliphatic rings. The van der Waals surface area contributed by atoms with Crippen LogP contribution in [0.2, 0.25) is 0 Å². The van der Waals surface area contributed by atoms with Crippen LogP contribution in [0.3, 0.4) is 0 Å². The average Bonchev–Trinajstić information content (AvgIpc) is 3.80. The van der Waals surface area contributed by atoms with E-state index < -0.39 is 12.3 Å². The molecule has 0 saturated heterocycles. The number of benzene rings is 1. The van der Waals surface area contributed by atoms with Crippen LogP contribution in [0.15, 0.2) is 39.4 Å². The van der Waals surface area contributed by atoms with Gasteiger partial charge in [0.05, 0.1) is 0 Å². The number of amides is 1. The van der Waals surface area contributed by atoms with Gasteiger partial charge in [-0.15, -0.1) is 0 Å². The molecule has 0 aliphatic heterocycles. The fraction of sp³-hybridized carbons (Fsp3) is 0.571. The number of carbonyl (C=O) groups excluding carboxylic acids is 1. The minimum atomic E-state index is -2.36. The van der Waals surface area contributed by atoms with Gasteiger partial charge in [0.25, 0.3) is 0 Å². The molecule has 0 bridgehead atoms. The number of rotatable bonds is 12. The van der Waals surface area contributed by atoms with E-state index in [1.807, 2.05) is 30.3 Å². The normalized spacial score (nSPS) is 21.3. The van der Waals surface area contributed by atoms with E-state index in [0.717, 1.165) is 79.9 Å². The number of aromatic nitrogens is 3. The smallest absolute Gasteiger partial charge is 0.241 e. The van der Waals surface area contributed by atoms with Crippen molar-refractivity contribution in [1.82, 2.24) is 15.3 Å². The third-order valence-electron chi connectivity index (χ3n) is 7.81. The topological polar surface area (TPSA) is 85.3 Å². The molecule has 0 unspecified atom stereocenters. The van der Waals surface area contributed by atoms with Crippen molar-refractivity contribution in [3.05, 3.63) is 47.8 Å². The largest absolute Gasteiger partial charge is 0.360 e. The molecule has 1 aromatic carbocycles. The lowest BCUT2D eigenvalue weighted by Crippen LogP contribution is -2.44. The maximum atomic E-state index is 13.4. The van der Waals surface area contributed by atoms with Gasteiger partial charge in [-0.3, -0.25) is 4.79 Å². The third-order valence-corrected chi connectivity index (χ3v) is 7.81. The van der Waals surface area contributed by atoms with Gasteiger partial charge in [0.1, 0.15) is 11.5 Å². The average molecular weight is 511 g/mol. The van der Waals surface area contributed by atoms with E-state index in [1.54, 1.807) is 4.90 Å². The van der Waals surface area contributed by atoms with Gasteiger partial charge in [0.15, 0.2) is 5.82 Å². The van der Waals surface area contributed by atoms with Gasteiger partial charge in [-0.1, -0.05) is 28.9 Å². The van der Waals surface area contributed by atoms with Crippen LogP contribution in [0, 0.1) is 11.8 Å². The molecule has 0 N–H and O–H groups in total. The van der Waals surface area contributed by atoms with E-state index in [0.29, 0.717) is 24.3 Å². The predicted molar refractivity (Wildman–Crippen MR) is 132 cm³/mol. The van der Waals surface area contributed by atoms with Crippen molar-refractivity contribution in [1.29, 1.82) is 0 Å². The fourth-order valence-corrected chi connectivity index (χ4v) is 5.07. The number of nitrogens with zero attached hydrogens (tertiary/aromatic N) is 4. The quantitative estimate of drug-likeness (QED) is 0.258. The Labute approximate surface area is 214 Å². The number of halogens is 2. The zero-order chi connectivity index (χ0) is 25.4. The molecule has 7 nitrogen and oxygen atoms in total. The van der Waals surface area contributed by atoms with Crippen LogP contribution < -0.4 is 4.90 Å². The van der Waals surface area contributed by atoms with Crippen LogP contribution >= 0.6 is 0 Å². The number of unbranched alkanes of at least 4 members (excludes halogenated alkanes) is 2. The van der Waals surface area contributed by atoms with Gasteiger partial charge in [-0.2, -0.15) is 4.98 Å². The van der Waals surface area contributed by atoms with Crippen molar-refractivity contribution in [2.24, 2.45) is 11.8 Å². The third kappa shape index (κ3) is 5.60. The lowest BCUT2D eigenvalue weighted by Gasteiger charge is -2.37. The first kappa shape index (κ1) is 24.2. The van der Waals surface area contributed by atoms with Crippen molar-refractivity contribution >= 4 is 11.6 Å². The molecule has 0 spiro atoms. The van der Waals surface area contributed by atoms with Crippen molar-refractivity contribution < 1.29 is 22.6 Å². The van der Waals surface area contributed by atoms with Gasteiger partial charge in [0, 0.05) is 54.0 Å². The summed E-state index contributed by atoms with van der Waals surface area (Å²) < 4.78 is 37.0. The van der Waals surface area contributed by atoms with Gasteiger partial charge in [-0.25, -0.2) is 8.78 Å². The first-order valence-electron chi connectivity index (χ1n) is 13.5. The summed E-state index contributed by atoms with van der Waals surface area (Å²) in [5.41, 5.74) is 2.40. The Balaban J connectivity index is 1.10. The molecule has 37 heavy (non-hydrogen) atoms. The standard InChI is InChI=1S/C28H32F2N4O3/c29-26(30)20-13-21(14-20)28(35)34(12-3-1-2-7-25-31-27(33-37-25)18-10-11-18)22-6-4-5-19(15-22)23-16-24(36-32-23)17-8-9-17/h4-6,15-18,20-21,26H,1-3,7-14H2. The Kier molecular flexibility index (Phi) is 6.78. The van der Waals surface area contributed by atoms with Crippen LogP contribution in [0.25, 0.3) is 11.3 Å². The summed E-state index contributed by atoms with van der Waals surface area (Å²) in [6.07, 6.45) is 5.97. The van der Waals surface area contributed by atoms with Gasteiger partial charge >= 0.3 is 0 Å². The van der Waals surface area contributed by atoms with Crippen LogP contribution in [-0.2, 0) is 11.2 Å². The second-order valence-electron chi connectivity index (χ2n) is 10.8. The highest BCUT2D eigenvalue weighted by atomic mass is 19.3. The Morgan fingerprint density at radius 3 is 2.57 bits per heavy atom. The molecule has 2 heterocycles. The molecule has 3 aliphatic carbocycles. The maximum absolute atomic E-state index is 13.4. The molecule has 6 rings (SSSR count). The maximum Gasteiger partial charge on any atom is 0.241 e. The van der Waals surface area contributed by atoms with Crippen LogP contribution in [0.4, 0.5) is 14.5 Å². The Morgan fingerprint density at radius 1 is 1.00 bits per heavy atom. The monoisotopic (exact) mass is 510 g/mol. The zero-order valence-electron chi connectivity index (χ0n) is 20.8. The molecular weight excluding hydrogens is 478 g/mol. The van der Waals surface area contributed by atoms with Gasteiger partial charge < -0.3 is 13.9 Å². The van der Waals surface area contributed by atoms with Crippen LogP contribution in [-0.4, -0.2) is 34.2 Å². The van der Waals surface area contributed by atoms with E-state index in [1.165, 1.54) is 0 Å². The molecule has 1 amide bonds. The molecule has 3 saturated carbocycles. The number of carbonyl (C=O) groups is 1. The molecule has 3 fully saturated rings. The lowest BCUT2D eigenvalue weighted by atomic mass is 9.74. The summed E-state index contributed by atoms with van der Waals surface area (Å²) in [7, 11) is 0. The summed E-state index contributed by atoms with van der Waals surface area (Å²) in [4.78, 5) is 19.7. The molecule has 9 heteroatoms. The highest BCUT2D eigenvalue weighted by molar-refractivity contribution is 5.96. The highest BCUT2D eigenvalue weighted by Gasteiger charge is 2.41. The van der Waals surface area contributed by atoms with Crippen LogP contribution in [0.5, 0.6) is 0 Å². The molecule has 3 aromatic rings. The fourth-order valence-electron chi connectivity index (χ4n) is 5.07. The minimum absolute atomic E-state index is 0.0705. The van der Waals surface area contributed by atoms with Gasteiger partial charge in [-0.05, 0) is 63.5 Å². The molecular formula is C28H32F2N4O3. The molecule has 0 atom stereocenters. The summed E-state index contributed by atoms with van der Waals surface area (Å²) in [6.45, 7) is 0.529. The van der Waals surface area contributed by atoms with E-state index >= 15 is 0 Å². The lowest BCUT2D eigenvalue weighted by molar-refractivity contribution is -0.129. The molecule has 2 aromatic heterocycles. The van der Waals surface area contributed by atoms with Crippen molar-refractivity contribution in [3.8, 4) is 11.3 Å².